The van der Waals surface area contributed by atoms with Crippen LogP contribution in [0, 0.1) is 0 Å². The molecular weight excluding hydrogens is 336 g/mol. The average Bonchev–Trinajstić information content (AvgIpc) is 3.38. The molecular formula is C23H32N2O2. The van der Waals surface area contributed by atoms with Gasteiger partial charge in [-0.2, -0.15) is 0 Å². The van der Waals surface area contributed by atoms with E-state index in [9.17, 15) is 4.79 Å². The number of nitrogens with one attached hydrogen (secondary N) is 1. The molecule has 1 aromatic carbocycles. The monoisotopic (exact) mass is 368 g/mol. The number of furan rings is 1. The first-order chi connectivity index (χ1) is 13.1. The number of carbonyl (C=O) groups excluding carboxylic acids is 1. The van der Waals surface area contributed by atoms with E-state index in [1.807, 2.05) is 6.07 Å². The van der Waals surface area contributed by atoms with Gasteiger partial charge in [-0.15, -0.1) is 0 Å². The second kappa shape index (κ2) is 9.23. The van der Waals surface area contributed by atoms with Gasteiger partial charge in [0.2, 0.25) is 0 Å². The normalized spacial score (nSPS) is 17.0. The van der Waals surface area contributed by atoms with Gasteiger partial charge < -0.3 is 9.73 Å². The molecule has 4 heteroatoms. The summed E-state index contributed by atoms with van der Waals surface area (Å²) in [5.41, 5.74) is 2.49. The van der Waals surface area contributed by atoms with Gasteiger partial charge in [-0.3, -0.25) is 9.69 Å². The highest BCUT2D eigenvalue weighted by Gasteiger charge is 2.19. The number of hydrogen-bond donors (Lipinski definition) is 1. The maximum atomic E-state index is 12.6. The Morgan fingerprint density at radius 2 is 1.70 bits per heavy atom. The molecule has 0 aliphatic carbocycles. The maximum Gasteiger partial charge on any atom is 0.287 e. The summed E-state index contributed by atoms with van der Waals surface area (Å²) < 4.78 is 5.80. The highest BCUT2D eigenvalue weighted by atomic mass is 16.4. The van der Waals surface area contributed by atoms with Gasteiger partial charge in [0.1, 0.15) is 5.76 Å². The fourth-order valence-corrected chi connectivity index (χ4v) is 3.69. The molecule has 2 unspecified atom stereocenters. The largest absolute Gasteiger partial charge is 0.455 e. The number of benzene rings is 1. The molecule has 1 amide bonds. The minimum absolute atomic E-state index is 0.00406. The second-order valence-corrected chi connectivity index (χ2v) is 7.66. The fraction of sp³-hybridized carbons (Fsp3) is 0.522. The van der Waals surface area contributed by atoms with Crippen LogP contribution in [0.4, 0.5) is 0 Å². The van der Waals surface area contributed by atoms with Crippen molar-refractivity contribution in [3.05, 3.63) is 59.0 Å². The van der Waals surface area contributed by atoms with E-state index in [0.717, 1.165) is 43.8 Å². The van der Waals surface area contributed by atoms with E-state index in [4.69, 9.17) is 4.42 Å². The molecule has 2 atom stereocenters. The van der Waals surface area contributed by atoms with Gasteiger partial charge in [0.25, 0.3) is 5.91 Å². The molecule has 1 saturated heterocycles. The van der Waals surface area contributed by atoms with Crippen molar-refractivity contribution in [2.24, 2.45) is 0 Å². The molecule has 146 valence electrons. The first-order valence-electron chi connectivity index (χ1n) is 10.3. The maximum absolute atomic E-state index is 12.6. The summed E-state index contributed by atoms with van der Waals surface area (Å²) in [6, 6.07) is 12.3. The van der Waals surface area contributed by atoms with Gasteiger partial charge in [-0.1, -0.05) is 45.0 Å². The van der Waals surface area contributed by atoms with Crippen molar-refractivity contribution in [1.82, 2.24) is 10.2 Å². The smallest absolute Gasteiger partial charge is 0.287 e. The Bertz CT molecular complexity index is 729. The summed E-state index contributed by atoms with van der Waals surface area (Å²) >= 11 is 0. The van der Waals surface area contributed by atoms with Crippen LogP contribution in [0.5, 0.6) is 0 Å². The lowest BCUT2D eigenvalue weighted by molar-refractivity contribution is 0.0904. The van der Waals surface area contributed by atoms with Gasteiger partial charge in [-0.05, 0) is 68.0 Å². The predicted octanol–water partition coefficient (Wildman–Crippen LogP) is 5.27. The zero-order valence-corrected chi connectivity index (χ0v) is 16.8. The van der Waals surface area contributed by atoms with Crippen molar-refractivity contribution in [1.29, 1.82) is 0 Å². The van der Waals surface area contributed by atoms with E-state index in [1.54, 1.807) is 6.07 Å². The zero-order chi connectivity index (χ0) is 19.2. The second-order valence-electron chi connectivity index (χ2n) is 7.66. The number of rotatable bonds is 8. The Hall–Kier alpha value is -2.07. The van der Waals surface area contributed by atoms with Crippen LogP contribution in [0.15, 0.2) is 40.8 Å². The van der Waals surface area contributed by atoms with E-state index >= 15 is 0 Å². The lowest BCUT2D eigenvalue weighted by Crippen LogP contribution is -2.27. The van der Waals surface area contributed by atoms with Gasteiger partial charge in [0, 0.05) is 0 Å². The number of carbonyl (C=O) groups is 1. The molecule has 0 saturated carbocycles. The molecule has 1 aliphatic heterocycles. The van der Waals surface area contributed by atoms with Crippen LogP contribution in [0.1, 0.15) is 85.9 Å². The van der Waals surface area contributed by atoms with Gasteiger partial charge in [-0.25, -0.2) is 0 Å². The van der Waals surface area contributed by atoms with Crippen LogP contribution in [-0.2, 0) is 6.54 Å². The first kappa shape index (κ1) is 19.7. The fourth-order valence-electron chi connectivity index (χ4n) is 3.69. The molecule has 1 aliphatic rings. The Kier molecular flexibility index (Phi) is 6.73. The summed E-state index contributed by atoms with van der Waals surface area (Å²) in [5, 5.41) is 3.12. The van der Waals surface area contributed by atoms with Crippen molar-refractivity contribution in [2.45, 2.75) is 65.0 Å². The number of amides is 1. The van der Waals surface area contributed by atoms with Gasteiger partial charge in [0.05, 0.1) is 12.6 Å². The van der Waals surface area contributed by atoms with Crippen LogP contribution >= 0.6 is 0 Å². The predicted molar refractivity (Wildman–Crippen MR) is 109 cm³/mol. The summed E-state index contributed by atoms with van der Waals surface area (Å²) in [6.45, 7) is 9.56. The Morgan fingerprint density at radius 1 is 1.04 bits per heavy atom. The van der Waals surface area contributed by atoms with Crippen molar-refractivity contribution in [3.63, 3.8) is 0 Å². The molecule has 1 fully saturated rings. The summed E-state index contributed by atoms with van der Waals surface area (Å²) in [5.74, 6) is 1.69. The van der Waals surface area contributed by atoms with E-state index < -0.39 is 0 Å². The van der Waals surface area contributed by atoms with Gasteiger partial charge >= 0.3 is 0 Å². The Morgan fingerprint density at radius 3 is 2.33 bits per heavy atom. The average molecular weight is 369 g/mol. The minimum atomic E-state index is -0.138. The minimum Gasteiger partial charge on any atom is -0.455 e. The third-order valence-corrected chi connectivity index (χ3v) is 5.70. The van der Waals surface area contributed by atoms with Crippen LogP contribution < -0.4 is 5.32 Å². The molecule has 2 aromatic rings. The van der Waals surface area contributed by atoms with Crippen molar-refractivity contribution < 1.29 is 9.21 Å². The summed E-state index contributed by atoms with van der Waals surface area (Å²) in [4.78, 5) is 15.0. The molecule has 1 aromatic heterocycles. The molecule has 2 heterocycles. The number of hydrogen-bond acceptors (Lipinski definition) is 3. The topological polar surface area (TPSA) is 45.5 Å². The Labute approximate surface area is 162 Å². The molecule has 0 radical (unpaired) electrons. The van der Waals surface area contributed by atoms with Crippen LogP contribution in [0.25, 0.3) is 0 Å². The van der Waals surface area contributed by atoms with Crippen LogP contribution in [0.2, 0.25) is 0 Å². The van der Waals surface area contributed by atoms with Crippen molar-refractivity contribution in [3.8, 4) is 0 Å². The number of likely N-dealkylation sites (tertiary alicyclic amines) is 1. The standard InChI is InChI=1S/C23H32N2O2/c1-4-17(3)18-8-10-19(11-9-18)21(5-2)24-23(26)22-13-12-20(27-22)16-25-14-6-7-15-25/h8-13,17,21H,4-7,14-16H2,1-3H3,(H,24,26). The van der Waals surface area contributed by atoms with E-state index in [2.05, 4.69) is 55.3 Å². The van der Waals surface area contributed by atoms with Crippen molar-refractivity contribution in [2.75, 3.05) is 13.1 Å². The first-order valence-corrected chi connectivity index (χ1v) is 10.3. The van der Waals surface area contributed by atoms with E-state index in [1.165, 1.54) is 18.4 Å². The van der Waals surface area contributed by atoms with Gasteiger partial charge in [0.15, 0.2) is 5.76 Å². The highest BCUT2D eigenvalue weighted by Crippen LogP contribution is 2.23. The molecule has 27 heavy (non-hydrogen) atoms. The third-order valence-electron chi connectivity index (χ3n) is 5.70. The van der Waals surface area contributed by atoms with Crippen LogP contribution in [-0.4, -0.2) is 23.9 Å². The van der Waals surface area contributed by atoms with E-state index in [0.29, 0.717) is 11.7 Å². The summed E-state index contributed by atoms with van der Waals surface area (Å²) in [6.07, 6.45) is 4.48. The zero-order valence-electron chi connectivity index (χ0n) is 16.8. The lowest BCUT2D eigenvalue weighted by Gasteiger charge is -2.18. The SMILES string of the molecule is CCC(C)c1ccc(C(CC)NC(=O)c2ccc(CN3CCCC3)o2)cc1. The van der Waals surface area contributed by atoms with Crippen molar-refractivity contribution >= 4 is 5.91 Å². The summed E-state index contributed by atoms with van der Waals surface area (Å²) in [7, 11) is 0. The van der Waals surface area contributed by atoms with Crippen LogP contribution in [0.3, 0.4) is 0 Å². The lowest BCUT2D eigenvalue weighted by atomic mass is 9.95. The number of nitrogens with zero attached hydrogens (tertiary/aromatic N) is 1. The molecule has 4 nitrogen and oxygen atoms in total. The Balaban J connectivity index is 1.62. The highest BCUT2D eigenvalue weighted by molar-refractivity contribution is 5.91. The molecule has 3 rings (SSSR count). The molecule has 0 bridgehead atoms. The quantitative estimate of drug-likeness (QED) is 0.690. The van der Waals surface area contributed by atoms with E-state index in [-0.39, 0.29) is 11.9 Å². The molecule has 0 spiro atoms. The molecule has 1 N–H and O–H groups in total. The third kappa shape index (κ3) is 5.01.